The molecule has 5 rings (SSSR count). The summed E-state index contributed by atoms with van der Waals surface area (Å²) in [5, 5.41) is 5.69. The Balaban J connectivity index is 1.24. The molecule has 2 aromatic heterocycles. The predicted octanol–water partition coefficient (Wildman–Crippen LogP) is 4.23. The third-order valence-electron chi connectivity index (χ3n) is 6.20. The Morgan fingerprint density at radius 3 is 2.46 bits per heavy atom. The Hall–Kier alpha value is -3.59. The number of carbonyl (C=O) groups is 1. The smallest absolute Gasteiger partial charge is 0.260 e. The minimum absolute atomic E-state index is 0.00201. The number of rotatable bonds is 6. The second-order valence-electron chi connectivity index (χ2n) is 8.67. The Labute approximate surface area is 208 Å². The van der Waals surface area contributed by atoms with Gasteiger partial charge in [0.25, 0.3) is 5.91 Å². The number of methoxy groups -OCH3 is 1. The molecule has 1 amide bonds. The maximum Gasteiger partial charge on any atom is 0.260 e. The van der Waals surface area contributed by atoms with Gasteiger partial charge in [0.15, 0.2) is 17.4 Å². The molecule has 4 aromatic rings. The highest BCUT2D eigenvalue weighted by Crippen LogP contribution is 2.33. The normalized spacial score (nSPS) is 14.3. The zero-order valence-corrected chi connectivity index (χ0v) is 21.0. The van der Waals surface area contributed by atoms with E-state index in [4.69, 9.17) is 19.6 Å². The van der Waals surface area contributed by atoms with E-state index in [1.807, 2.05) is 40.8 Å². The molecule has 1 aliphatic heterocycles. The van der Waals surface area contributed by atoms with Crippen molar-refractivity contribution in [2.24, 2.45) is 0 Å². The van der Waals surface area contributed by atoms with Gasteiger partial charge in [0.05, 0.1) is 23.2 Å². The zero-order valence-electron chi connectivity index (χ0n) is 20.2. The molecule has 0 unspecified atom stereocenters. The summed E-state index contributed by atoms with van der Waals surface area (Å²) in [4.78, 5) is 21.9. The van der Waals surface area contributed by atoms with E-state index in [0.29, 0.717) is 18.8 Å². The summed E-state index contributed by atoms with van der Waals surface area (Å²) in [6, 6.07) is 15.6. The lowest BCUT2D eigenvalue weighted by molar-refractivity contribution is -0.133. The predicted molar refractivity (Wildman–Crippen MR) is 138 cm³/mol. The topological polar surface area (TPSA) is 72.7 Å². The van der Waals surface area contributed by atoms with E-state index >= 15 is 0 Å². The van der Waals surface area contributed by atoms with E-state index in [1.54, 1.807) is 18.4 Å². The van der Waals surface area contributed by atoms with E-state index in [9.17, 15) is 4.79 Å². The monoisotopic (exact) mass is 491 g/mol. The van der Waals surface area contributed by atoms with Gasteiger partial charge in [-0.1, -0.05) is 29.0 Å². The quantitative estimate of drug-likeness (QED) is 0.402. The SMILES string of the molecule is COc1ccc(OCC(=O)N2CCCN(c3nc4c(s3)c(C)nn4-c3ccc(C)cc3)CC2)cc1. The summed E-state index contributed by atoms with van der Waals surface area (Å²) in [5.41, 5.74) is 4.09. The Morgan fingerprint density at radius 1 is 0.971 bits per heavy atom. The third-order valence-corrected chi connectivity index (χ3v) is 7.41. The first kappa shape index (κ1) is 23.2. The molecule has 1 aliphatic rings. The zero-order chi connectivity index (χ0) is 24.4. The highest BCUT2D eigenvalue weighted by Gasteiger charge is 2.23. The number of carbonyl (C=O) groups excluding carboxylic acids is 1. The van der Waals surface area contributed by atoms with Gasteiger partial charge in [0.2, 0.25) is 0 Å². The Morgan fingerprint density at radius 2 is 1.71 bits per heavy atom. The summed E-state index contributed by atoms with van der Waals surface area (Å²) in [7, 11) is 1.62. The molecule has 2 aromatic carbocycles. The van der Waals surface area contributed by atoms with Crippen molar-refractivity contribution in [3.63, 3.8) is 0 Å². The van der Waals surface area contributed by atoms with Gasteiger partial charge >= 0.3 is 0 Å². The molecule has 0 N–H and O–H groups in total. The number of aromatic nitrogens is 3. The van der Waals surface area contributed by atoms with Gasteiger partial charge in [-0.25, -0.2) is 4.68 Å². The van der Waals surface area contributed by atoms with Gasteiger partial charge in [0.1, 0.15) is 11.5 Å². The van der Waals surface area contributed by atoms with Crippen molar-refractivity contribution in [3.8, 4) is 17.2 Å². The first-order valence-corrected chi connectivity index (χ1v) is 12.6. The van der Waals surface area contributed by atoms with Gasteiger partial charge < -0.3 is 19.3 Å². The summed E-state index contributed by atoms with van der Waals surface area (Å²) in [5.74, 6) is 1.41. The van der Waals surface area contributed by atoms with Gasteiger partial charge in [-0.3, -0.25) is 4.79 Å². The van der Waals surface area contributed by atoms with Crippen molar-refractivity contribution in [2.75, 3.05) is 44.8 Å². The van der Waals surface area contributed by atoms with Crippen molar-refractivity contribution in [1.82, 2.24) is 19.7 Å². The summed E-state index contributed by atoms with van der Waals surface area (Å²) >= 11 is 1.67. The van der Waals surface area contributed by atoms with Crippen LogP contribution < -0.4 is 14.4 Å². The van der Waals surface area contributed by atoms with Crippen LogP contribution in [0.5, 0.6) is 11.5 Å². The van der Waals surface area contributed by atoms with Gasteiger partial charge in [-0.2, -0.15) is 10.1 Å². The van der Waals surface area contributed by atoms with Gasteiger partial charge in [-0.05, 0) is 56.7 Å². The fourth-order valence-corrected chi connectivity index (χ4v) is 5.23. The molecule has 0 saturated carbocycles. The van der Waals surface area contributed by atoms with Crippen LogP contribution in [0.25, 0.3) is 16.0 Å². The molecule has 9 heteroatoms. The standard InChI is InChI=1S/C26H29N5O3S/c1-18-5-7-20(8-6-18)31-25-24(19(2)28-31)35-26(27-25)30-14-4-13-29(15-16-30)23(32)17-34-22-11-9-21(33-3)10-12-22/h5-12H,4,13-17H2,1-3H3. The lowest BCUT2D eigenvalue weighted by atomic mass is 10.2. The molecule has 0 spiro atoms. The number of nitrogens with zero attached hydrogens (tertiary/aromatic N) is 5. The van der Waals surface area contributed by atoms with Crippen LogP contribution in [0, 0.1) is 13.8 Å². The second kappa shape index (κ2) is 9.95. The Bertz CT molecular complexity index is 1310. The van der Waals surface area contributed by atoms with Gasteiger partial charge in [-0.15, -0.1) is 0 Å². The van der Waals surface area contributed by atoms with Crippen molar-refractivity contribution in [3.05, 3.63) is 59.8 Å². The molecule has 3 heterocycles. The fourth-order valence-electron chi connectivity index (χ4n) is 4.19. The largest absolute Gasteiger partial charge is 0.497 e. The molecule has 182 valence electrons. The highest BCUT2D eigenvalue weighted by atomic mass is 32.1. The maximum atomic E-state index is 12.8. The van der Waals surface area contributed by atoms with Crippen LogP contribution in [0.2, 0.25) is 0 Å². The number of anilines is 1. The van der Waals surface area contributed by atoms with Crippen LogP contribution in [0.15, 0.2) is 48.5 Å². The molecule has 0 aliphatic carbocycles. The van der Waals surface area contributed by atoms with E-state index < -0.39 is 0 Å². The number of fused-ring (bicyclic) bond motifs is 1. The van der Waals surface area contributed by atoms with Crippen LogP contribution in [0.1, 0.15) is 17.7 Å². The highest BCUT2D eigenvalue weighted by molar-refractivity contribution is 7.22. The molecule has 1 saturated heterocycles. The lowest BCUT2D eigenvalue weighted by Crippen LogP contribution is -2.38. The Kier molecular flexibility index (Phi) is 6.59. The lowest BCUT2D eigenvalue weighted by Gasteiger charge is -2.21. The average Bonchev–Trinajstić information content (AvgIpc) is 3.34. The number of hydrogen-bond donors (Lipinski definition) is 0. The minimum Gasteiger partial charge on any atom is -0.497 e. The van der Waals surface area contributed by atoms with Crippen molar-refractivity contribution >= 4 is 32.7 Å². The van der Waals surface area contributed by atoms with E-state index in [2.05, 4.69) is 36.1 Å². The van der Waals surface area contributed by atoms with Crippen molar-refractivity contribution in [1.29, 1.82) is 0 Å². The number of thiazole rings is 1. The maximum absolute atomic E-state index is 12.8. The summed E-state index contributed by atoms with van der Waals surface area (Å²) in [6.45, 7) is 7.08. The molecule has 8 nitrogen and oxygen atoms in total. The third kappa shape index (κ3) is 4.95. The minimum atomic E-state index is -0.00201. The van der Waals surface area contributed by atoms with E-state index in [1.165, 1.54) is 5.56 Å². The summed E-state index contributed by atoms with van der Waals surface area (Å²) < 4.78 is 13.9. The number of ether oxygens (including phenoxy) is 2. The van der Waals surface area contributed by atoms with Crippen LogP contribution in [-0.2, 0) is 4.79 Å². The second-order valence-corrected chi connectivity index (χ2v) is 9.65. The van der Waals surface area contributed by atoms with Crippen molar-refractivity contribution in [2.45, 2.75) is 20.3 Å². The first-order chi connectivity index (χ1) is 17.0. The van der Waals surface area contributed by atoms with Crippen LogP contribution in [-0.4, -0.2) is 65.5 Å². The number of aryl methyl sites for hydroxylation is 2. The van der Waals surface area contributed by atoms with Crippen LogP contribution >= 0.6 is 11.3 Å². The number of benzene rings is 2. The molecule has 0 bridgehead atoms. The fraction of sp³-hybridized carbons (Fsp3) is 0.346. The van der Waals surface area contributed by atoms with Crippen LogP contribution in [0.4, 0.5) is 5.13 Å². The van der Waals surface area contributed by atoms with Crippen molar-refractivity contribution < 1.29 is 14.3 Å². The number of amides is 1. The van der Waals surface area contributed by atoms with Crippen LogP contribution in [0.3, 0.4) is 0 Å². The van der Waals surface area contributed by atoms with Gasteiger partial charge in [0, 0.05) is 26.2 Å². The van der Waals surface area contributed by atoms with E-state index in [-0.39, 0.29) is 12.5 Å². The molecular weight excluding hydrogens is 462 g/mol. The molecular formula is C26H29N5O3S. The molecule has 0 atom stereocenters. The summed E-state index contributed by atoms with van der Waals surface area (Å²) in [6.07, 6.45) is 0.882. The number of hydrogen-bond acceptors (Lipinski definition) is 7. The molecule has 35 heavy (non-hydrogen) atoms. The molecule has 0 radical (unpaired) electrons. The average molecular weight is 492 g/mol. The van der Waals surface area contributed by atoms with E-state index in [0.717, 1.165) is 52.1 Å². The molecule has 1 fully saturated rings. The first-order valence-electron chi connectivity index (χ1n) is 11.7.